The Morgan fingerprint density at radius 1 is 1.30 bits per heavy atom. The molecule has 0 spiro atoms. The zero-order chi connectivity index (χ0) is 14.7. The SMILES string of the molecule is CC(c1ccncc1)N(C)C(=O)c1ccc(Br)c(N)c1. The maximum atomic E-state index is 12.5. The number of carbonyl (C=O) groups excluding carboxylic acids is 1. The van der Waals surface area contributed by atoms with E-state index >= 15 is 0 Å². The molecule has 0 saturated heterocycles. The van der Waals surface area contributed by atoms with Crippen LogP contribution in [0, 0.1) is 0 Å². The second kappa shape index (κ2) is 6.05. The molecule has 1 atom stereocenters. The van der Waals surface area contributed by atoms with E-state index in [9.17, 15) is 4.79 Å². The molecule has 0 bridgehead atoms. The molecule has 0 saturated carbocycles. The lowest BCUT2D eigenvalue weighted by molar-refractivity contribution is 0.0742. The van der Waals surface area contributed by atoms with Crippen molar-refractivity contribution in [3.8, 4) is 0 Å². The molecular weight excluding hydrogens is 318 g/mol. The third kappa shape index (κ3) is 2.99. The molecule has 0 fully saturated rings. The fourth-order valence-corrected chi connectivity index (χ4v) is 2.17. The number of hydrogen-bond donors (Lipinski definition) is 1. The van der Waals surface area contributed by atoms with Crippen LogP contribution in [0.4, 0.5) is 5.69 Å². The summed E-state index contributed by atoms with van der Waals surface area (Å²) in [5, 5.41) is 0. The molecule has 2 aromatic rings. The van der Waals surface area contributed by atoms with Gasteiger partial charge in [0, 0.05) is 35.2 Å². The van der Waals surface area contributed by atoms with Gasteiger partial charge < -0.3 is 10.6 Å². The van der Waals surface area contributed by atoms with Crippen LogP contribution >= 0.6 is 15.9 Å². The van der Waals surface area contributed by atoms with E-state index in [0.29, 0.717) is 11.3 Å². The lowest BCUT2D eigenvalue weighted by Crippen LogP contribution is -2.29. The Bertz CT molecular complexity index is 616. The Morgan fingerprint density at radius 3 is 2.55 bits per heavy atom. The largest absolute Gasteiger partial charge is 0.398 e. The monoisotopic (exact) mass is 333 g/mol. The number of rotatable bonds is 3. The second-order valence-corrected chi connectivity index (χ2v) is 5.46. The van der Waals surface area contributed by atoms with Crippen molar-refractivity contribution in [2.45, 2.75) is 13.0 Å². The molecule has 0 aliphatic heterocycles. The van der Waals surface area contributed by atoms with Gasteiger partial charge in [0.2, 0.25) is 0 Å². The van der Waals surface area contributed by atoms with E-state index in [-0.39, 0.29) is 11.9 Å². The number of nitrogens with zero attached hydrogens (tertiary/aromatic N) is 2. The maximum Gasteiger partial charge on any atom is 0.254 e. The molecule has 0 radical (unpaired) electrons. The van der Waals surface area contributed by atoms with E-state index in [1.54, 1.807) is 42.5 Å². The Labute approximate surface area is 126 Å². The fourth-order valence-electron chi connectivity index (χ4n) is 1.92. The van der Waals surface area contributed by atoms with E-state index in [1.165, 1.54) is 0 Å². The average molecular weight is 334 g/mol. The van der Waals surface area contributed by atoms with Crippen molar-refractivity contribution < 1.29 is 4.79 Å². The molecule has 0 aliphatic carbocycles. The van der Waals surface area contributed by atoms with Gasteiger partial charge >= 0.3 is 0 Å². The first kappa shape index (κ1) is 14.5. The van der Waals surface area contributed by atoms with E-state index in [1.807, 2.05) is 19.1 Å². The van der Waals surface area contributed by atoms with Gasteiger partial charge in [-0.15, -0.1) is 0 Å². The molecule has 5 heteroatoms. The first-order valence-electron chi connectivity index (χ1n) is 6.23. The van der Waals surface area contributed by atoms with Gasteiger partial charge in [0.05, 0.1) is 6.04 Å². The van der Waals surface area contributed by atoms with Crippen molar-refractivity contribution in [2.24, 2.45) is 0 Å². The van der Waals surface area contributed by atoms with Gasteiger partial charge in [-0.2, -0.15) is 0 Å². The van der Waals surface area contributed by atoms with E-state index < -0.39 is 0 Å². The molecule has 1 heterocycles. The summed E-state index contributed by atoms with van der Waals surface area (Å²) in [6.45, 7) is 1.98. The molecule has 1 unspecified atom stereocenters. The summed E-state index contributed by atoms with van der Waals surface area (Å²) < 4.78 is 0.791. The van der Waals surface area contributed by atoms with E-state index in [0.717, 1.165) is 10.0 Å². The van der Waals surface area contributed by atoms with Crippen LogP contribution < -0.4 is 5.73 Å². The minimum atomic E-state index is -0.0616. The first-order valence-corrected chi connectivity index (χ1v) is 7.02. The molecule has 4 nitrogen and oxygen atoms in total. The quantitative estimate of drug-likeness (QED) is 0.877. The number of benzene rings is 1. The maximum absolute atomic E-state index is 12.5. The predicted octanol–water partition coefficient (Wildman–Crippen LogP) is 3.26. The van der Waals surface area contributed by atoms with Gasteiger partial charge in [-0.3, -0.25) is 9.78 Å². The number of carbonyl (C=O) groups is 1. The molecule has 2 N–H and O–H groups in total. The van der Waals surface area contributed by atoms with Crippen molar-refractivity contribution in [1.29, 1.82) is 0 Å². The van der Waals surface area contributed by atoms with Crippen LogP contribution in [0.3, 0.4) is 0 Å². The van der Waals surface area contributed by atoms with Crippen LogP contribution in [0.2, 0.25) is 0 Å². The van der Waals surface area contributed by atoms with Crippen molar-refractivity contribution in [2.75, 3.05) is 12.8 Å². The van der Waals surface area contributed by atoms with Crippen molar-refractivity contribution in [1.82, 2.24) is 9.88 Å². The molecule has 0 aliphatic rings. The van der Waals surface area contributed by atoms with Gasteiger partial charge in [0.25, 0.3) is 5.91 Å². The van der Waals surface area contributed by atoms with Crippen LogP contribution in [0.5, 0.6) is 0 Å². The van der Waals surface area contributed by atoms with Crippen molar-refractivity contribution in [3.05, 3.63) is 58.3 Å². The summed E-state index contributed by atoms with van der Waals surface area (Å²) in [6.07, 6.45) is 3.45. The Hall–Kier alpha value is -1.88. The second-order valence-electron chi connectivity index (χ2n) is 4.61. The molecule has 2 rings (SSSR count). The van der Waals surface area contributed by atoms with Crippen LogP contribution in [-0.4, -0.2) is 22.8 Å². The summed E-state index contributed by atoms with van der Waals surface area (Å²) in [5.74, 6) is -0.0616. The minimum Gasteiger partial charge on any atom is -0.398 e. The molecule has 1 amide bonds. The summed E-state index contributed by atoms with van der Waals surface area (Å²) >= 11 is 3.32. The van der Waals surface area contributed by atoms with Crippen LogP contribution in [-0.2, 0) is 0 Å². The summed E-state index contributed by atoms with van der Waals surface area (Å²) in [4.78, 5) is 18.1. The predicted molar refractivity (Wildman–Crippen MR) is 83.3 cm³/mol. The number of nitrogens with two attached hydrogens (primary N) is 1. The van der Waals surface area contributed by atoms with E-state index in [2.05, 4.69) is 20.9 Å². The number of aromatic nitrogens is 1. The number of anilines is 1. The highest BCUT2D eigenvalue weighted by Gasteiger charge is 2.19. The summed E-state index contributed by atoms with van der Waals surface area (Å²) in [6, 6.07) is 9.01. The number of nitrogen functional groups attached to an aromatic ring is 1. The standard InChI is InChI=1S/C15H16BrN3O/c1-10(11-5-7-18-8-6-11)19(2)15(20)12-3-4-13(16)14(17)9-12/h3-10H,17H2,1-2H3. The summed E-state index contributed by atoms with van der Waals surface area (Å²) in [5.41, 5.74) is 8.00. The van der Waals surface area contributed by atoms with Gasteiger partial charge in [-0.1, -0.05) is 0 Å². The van der Waals surface area contributed by atoms with Crippen LogP contribution in [0.25, 0.3) is 0 Å². The zero-order valence-electron chi connectivity index (χ0n) is 11.4. The third-order valence-electron chi connectivity index (χ3n) is 3.33. The Morgan fingerprint density at radius 2 is 1.95 bits per heavy atom. The minimum absolute atomic E-state index is 0.0321. The molecule has 1 aromatic carbocycles. The number of pyridine rings is 1. The van der Waals surface area contributed by atoms with Gasteiger partial charge in [0.15, 0.2) is 0 Å². The fraction of sp³-hybridized carbons (Fsp3) is 0.200. The first-order chi connectivity index (χ1) is 9.50. The van der Waals surface area contributed by atoms with Crippen LogP contribution in [0.15, 0.2) is 47.2 Å². The van der Waals surface area contributed by atoms with E-state index in [4.69, 9.17) is 5.73 Å². The number of amides is 1. The average Bonchev–Trinajstić information content (AvgIpc) is 2.48. The lowest BCUT2D eigenvalue weighted by Gasteiger charge is -2.25. The molecule has 104 valence electrons. The highest BCUT2D eigenvalue weighted by Crippen LogP contribution is 2.24. The lowest BCUT2D eigenvalue weighted by atomic mass is 10.1. The molecular formula is C15H16BrN3O. The highest BCUT2D eigenvalue weighted by atomic mass is 79.9. The van der Waals surface area contributed by atoms with Gasteiger partial charge in [-0.25, -0.2) is 0 Å². The third-order valence-corrected chi connectivity index (χ3v) is 4.05. The highest BCUT2D eigenvalue weighted by molar-refractivity contribution is 9.10. The van der Waals surface area contributed by atoms with Crippen molar-refractivity contribution >= 4 is 27.5 Å². The van der Waals surface area contributed by atoms with Crippen molar-refractivity contribution in [3.63, 3.8) is 0 Å². The van der Waals surface area contributed by atoms with Gasteiger partial charge in [-0.05, 0) is 58.7 Å². The normalized spacial score (nSPS) is 11.9. The number of hydrogen-bond acceptors (Lipinski definition) is 3. The molecule has 1 aromatic heterocycles. The Balaban J connectivity index is 2.22. The van der Waals surface area contributed by atoms with Crippen LogP contribution in [0.1, 0.15) is 28.9 Å². The smallest absolute Gasteiger partial charge is 0.254 e. The molecule has 20 heavy (non-hydrogen) atoms. The zero-order valence-corrected chi connectivity index (χ0v) is 13.0. The summed E-state index contributed by atoms with van der Waals surface area (Å²) in [7, 11) is 1.78. The van der Waals surface area contributed by atoms with Gasteiger partial charge in [0.1, 0.15) is 0 Å². The Kier molecular flexibility index (Phi) is 4.39. The topological polar surface area (TPSA) is 59.2 Å². The number of halogens is 1.